The number of hydrogen-bond donors (Lipinski definition) is 2. The van der Waals surface area contributed by atoms with Crippen molar-refractivity contribution in [2.75, 3.05) is 6.54 Å². The molecule has 0 saturated heterocycles. The summed E-state index contributed by atoms with van der Waals surface area (Å²) >= 11 is 0. The quantitative estimate of drug-likeness (QED) is 0.728. The van der Waals surface area contributed by atoms with Gasteiger partial charge in [0.25, 0.3) is 0 Å². The van der Waals surface area contributed by atoms with Gasteiger partial charge in [-0.2, -0.15) is 0 Å². The number of carbonyl (C=O) groups excluding carboxylic acids is 1. The first-order valence-electron chi connectivity index (χ1n) is 6.66. The highest BCUT2D eigenvalue weighted by Crippen LogP contribution is 2.27. The summed E-state index contributed by atoms with van der Waals surface area (Å²) in [4.78, 5) is 11.6. The summed E-state index contributed by atoms with van der Waals surface area (Å²) in [5, 5.41) is 6.32. The molecule has 1 rings (SSSR count). The van der Waals surface area contributed by atoms with E-state index in [0.29, 0.717) is 12.6 Å². The first-order chi connectivity index (χ1) is 7.63. The molecular weight excluding hydrogens is 200 g/mol. The molecule has 94 valence electrons. The van der Waals surface area contributed by atoms with Crippen molar-refractivity contribution in [2.45, 2.75) is 65.0 Å². The van der Waals surface area contributed by atoms with E-state index in [2.05, 4.69) is 24.5 Å². The molecule has 2 atom stereocenters. The molecule has 2 N–H and O–H groups in total. The number of carbonyl (C=O) groups is 1. The number of nitrogens with one attached hydrogen (secondary N) is 2. The molecule has 1 amide bonds. The van der Waals surface area contributed by atoms with E-state index in [4.69, 9.17) is 0 Å². The Balaban J connectivity index is 2.15. The minimum atomic E-state index is 0.124. The summed E-state index contributed by atoms with van der Waals surface area (Å²) in [7, 11) is 0. The molecule has 3 nitrogen and oxygen atoms in total. The van der Waals surface area contributed by atoms with E-state index in [-0.39, 0.29) is 11.9 Å². The van der Waals surface area contributed by atoms with E-state index in [1.807, 2.05) is 6.92 Å². The summed E-state index contributed by atoms with van der Waals surface area (Å²) in [6, 6.07) is 0.765. The van der Waals surface area contributed by atoms with Crippen molar-refractivity contribution in [1.29, 1.82) is 0 Å². The first kappa shape index (κ1) is 13.5. The Labute approximate surface area is 99.4 Å². The third-order valence-corrected chi connectivity index (χ3v) is 3.71. The summed E-state index contributed by atoms with van der Waals surface area (Å²) in [6.45, 7) is 6.78. The van der Waals surface area contributed by atoms with E-state index in [0.717, 1.165) is 12.3 Å². The van der Waals surface area contributed by atoms with Crippen LogP contribution in [0.15, 0.2) is 0 Å². The van der Waals surface area contributed by atoms with E-state index in [1.54, 1.807) is 0 Å². The maximum absolute atomic E-state index is 11.6. The zero-order chi connectivity index (χ0) is 12.0. The van der Waals surface area contributed by atoms with Gasteiger partial charge in [0.05, 0.1) is 6.54 Å². The second-order valence-electron chi connectivity index (χ2n) is 5.09. The fourth-order valence-corrected chi connectivity index (χ4v) is 2.31. The molecule has 0 bridgehead atoms. The lowest BCUT2D eigenvalue weighted by molar-refractivity contribution is -0.121. The van der Waals surface area contributed by atoms with Gasteiger partial charge in [-0.1, -0.05) is 19.8 Å². The Hall–Kier alpha value is -0.570. The summed E-state index contributed by atoms with van der Waals surface area (Å²) in [6.07, 6.45) is 6.34. The standard InChI is InChI=1S/C13H26N2O/c1-4-10(2)15-13(16)9-14-11(3)12-7-5-6-8-12/h10-12,14H,4-9H2,1-3H3,(H,15,16)/t10?,11-/m1/s1. The molecule has 0 heterocycles. The van der Waals surface area contributed by atoms with Gasteiger partial charge in [-0.3, -0.25) is 4.79 Å². The Morgan fingerprint density at radius 2 is 1.94 bits per heavy atom. The Morgan fingerprint density at radius 3 is 2.50 bits per heavy atom. The molecule has 0 aromatic carbocycles. The van der Waals surface area contributed by atoms with Crippen LogP contribution in [-0.2, 0) is 4.79 Å². The van der Waals surface area contributed by atoms with Crippen molar-refractivity contribution in [2.24, 2.45) is 5.92 Å². The molecule has 0 radical (unpaired) electrons. The van der Waals surface area contributed by atoms with Crippen molar-refractivity contribution >= 4 is 5.91 Å². The highest BCUT2D eigenvalue weighted by atomic mass is 16.1. The van der Waals surface area contributed by atoms with Gasteiger partial charge in [0.2, 0.25) is 5.91 Å². The van der Waals surface area contributed by atoms with Crippen LogP contribution < -0.4 is 10.6 Å². The van der Waals surface area contributed by atoms with Crippen LogP contribution >= 0.6 is 0 Å². The molecule has 0 aliphatic heterocycles. The zero-order valence-corrected chi connectivity index (χ0v) is 10.9. The molecule has 3 heteroatoms. The highest BCUT2D eigenvalue weighted by Gasteiger charge is 2.21. The largest absolute Gasteiger partial charge is 0.353 e. The van der Waals surface area contributed by atoms with Crippen molar-refractivity contribution in [1.82, 2.24) is 10.6 Å². The van der Waals surface area contributed by atoms with Crippen molar-refractivity contribution in [3.05, 3.63) is 0 Å². The van der Waals surface area contributed by atoms with Crippen LogP contribution in [0.3, 0.4) is 0 Å². The smallest absolute Gasteiger partial charge is 0.234 e. The lowest BCUT2D eigenvalue weighted by Gasteiger charge is -2.20. The van der Waals surface area contributed by atoms with E-state index < -0.39 is 0 Å². The Morgan fingerprint density at radius 1 is 1.31 bits per heavy atom. The lowest BCUT2D eigenvalue weighted by Crippen LogP contribution is -2.43. The molecule has 1 aliphatic rings. The number of amides is 1. The molecule has 1 fully saturated rings. The normalized spacial score (nSPS) is 20.7. The summed E-state index contributed by atoms with van der Waals surface area (Å²) in [5.41, 5.74) is 0. The van der Waals surface area contributed by atoms with Crippen LogP contribution in [-0.4, -0.2) is 24.5 Å². The average molecular weight is 226 g/mol. The van der Waals surface area contributed by atoms with Crippen LogP contribution in [0.2, 0.25) is 0 Å². The minimum Gasteiger partial charge on any atom is -0.353 e. The predicted molar refractivity (Wildman–Crippen MR) is 67.3 cm³/mol. The fourth-order valence-electron chi connectivity index (χ4n) is 2.31. The summed E-state index contributed by atoms with van der Waals surface area (Å²) in [5.74, 6) is 0.899. The van der Waals surface area contributed by atoms with Crippen LogP contribution in [0, 0.1) is 5.92 Å². The molecule has 16 heavy (non-hydrogen) atoms. The Kier molecular flexibility index (Phi) is 5.81. The van der Waals surface area contributed by atoms with Gasteiger partial charge in [-0.05, 0) is 39.0 Å². The maximum atomic E-state index is 11.6. The zero-order valence-electron chi connectivity index (χ0n) is 10.9. The van der Waals surface area contributed by atoms with Crippen LogP contribution in [0.1, 0.15) is 52.9 Å². The van der Waals surface area contributed by atoms with E-state index in [1.165, 1.54) is 25.7 Å². The highest BCUT2D eigenvalue weighted by molar-refractivity contribution is 5.78. The fraction of sp³-hybridized carbons (Fsp3) is 0.923. The van der Waals surface area contributed by atoms with Crippen molar-refractivity contribution < 1.29 is 4.79 Å². The SMILES string of the molecule is CCC(C)NC(=O)CN[C@H](C)C1CCCC1. The minimum absolute atomic E-state index is 0.124. The molecule has 1 unspecified atom stereocenters. The van der Waals surface area contributed by atoms with Gasteiger partial charge in [-0.15, -0.1) is 0 Å². The summed E-state index contributed by atoms with van der Waals surface area (Å²) < 4.78 is 0. The van der Waals surface area contributed by atoms with Gasteiger partial charge in [0.1, 0.15) is 0 Å². The van der Waals surface area contributed by atoms with Gasteiger partial charge >= 0.3 is 0 Å². The average Bonchev–Trinajstić information content (AvgIpc) is 2.79. The molecule has 1 saturated carbocycles. The van der Waals surface area contributed by atoms with Crippen LogP contribution in [0.4, 0.5) is 0 Å². The van der Waals surface area contributed by atoms with E-state index in [9.17, 15) is 4.79 Å². The van der Waals surface area contributed by atoms with Gasteiger partial charge in [0.15, 0.2) is 0 Å². The van der Waals surface area contributed by atoms with E-state index >= 15 is 0 Å². The third kappa shape index (κ3) is 4.52. The second-order valence-corrected chi connectivity index (χ2v) is 5.09. The van der Waals surface area contributed by atoms with Crippen molar-refractivity contribution in [3.63, 3.8) is 0 Å². The first-order valence-corrected chi connectivity index (χ1v) is 6.66. The molecule has 0 spiro atoms. The molecule has 0 aromatic heterocycles. The van der Waals surface area contributed by atoms with Gasteiger partial charge in [-0.25, -0.2) is 0 Å². The molecule has 0 aromatic rings. The topological polar surface area (TPSA) is 41.1 Å². The van der Waals surface area contributed by atoms with Gasteiger partial charge in [0, 0.05) is 12.1 Å². The third-order valence-electron chi connectivity index (χ3n) is 3.71. The monoisotopic (exact) mass is 226 g/mol. The Bertz CT molecular complexity index is 212. The van der Waals surface area contributed by atoms with Crippen LogP contribution in [0.5, 0.6) is 0 Å². The molecule has 1 aliphatic carbocycles. The molecular formula is C13H26N2O. The second kappa shape index (κ2) is 6.89. The lowest BCUT2D eigenvalue weighted by atomic mass is 10.00. The number of rotatable bonds is 6. The number of hydrogen-bond acceptors (Lipinski definition) is 2. The maximum Gasteiger partial charge on any atom is 0.234 e. The van der Waals surface area contributed by atoms with Gasteiger partial charge < -0.3 is 10.6 Å². The predicted octanol–water partition coefficient (Wildman–Crippen LogP) is 2.07. The van der Waals surface area contributed by atoms with Crippen LogP contribution in [0.25, 0.3) is 0 Å². The van der Waals surface area contributed by atoms with Crippen molar-refractivity contribution in [3.8, 4) is 0 Å².